The fraction of sp³-hybridized carbons (Fsp3) is 0.167. The van der Waals surface area contributed by atoms with Gasteiger partial charge in [0.1, 0.15) is 24.1 Å². The van der Waals surface area contributed by atoms with Gasteiger partial charge >= 0.3 is 0 Å². The highest BCUT2D eigenvalue weighted by atomic mass is 16.5. The average Bonchev–Trinajstić information content (AvgIpc) is 3.44. The Morgan fingerprint density at radius 2 is 1.91 bits per heavy atom. The standard InChI is InChI=1S/C24H21N7O/c1-30-21(8-10-26-30)27-20-12-17(7-9-25-20)18-13-22-28-29-24-19(11-16-5-3-2-4-6-16)15-32-23(14-18)31(22)24/h2-10,12-14,19H,11,15H2,1H3,(H,25,27)/t19-/m1/s1. The summed E-state index contributed by atoms with van der Waals surface area (Å²) in [5.41, 5.74) is 4.07. The zero-order valence-corrected chi connectivity index (χ0v) is 17.5. The second-order valence-electron chi connectivity index (χ2n) is 7.93. The number of ether oxygens (including phenoxy) is 1. The molecule has 1 atom stereocenters. The molecule has 0 radical (unpaired) electrons. The first-order valence-electron chi connectivity index (χ1n) is 10.5. The first-order chi connectivity index (χ1) is 15.7. The van der Waals surface area contributed by atoms with Gasteiger partial charge in [0.2, 0.25) is 5.88 Å². The van der Waals surface area contributed by atoms with E-state index < -0.39 is 0 Å². The highest BCUT2D eigenvalue weighted by Crippen LogP contribution is 2.34. The quantitative estimate of drug-likeness (QED) is 0.460. The SMILES string of the molecule is Cn1nccc1Nc1cc(-c2cc3n4c(nnc4c2)[C@H](Cc2ccccc2)CO3)ccn1. The second kappa shape index (κ2) is 7.49. The van der Waals surface area contributed by atoms with Crippen molar-refractivity contribution in [2.45, 2.75) is 12.3 Å². The predicted molar refractivity (Wildman–Crippen MR) is 121 cm³/mol. The summed E-state index contributed by atoms with van der Waals surface area (Å²) in [4.78, 5) is 4.43. The van der Waals surface area contributed by atoms with Gasteiger partial charge in [-0.2, -0.15) is 5.10 Å². The van der Waals surface area contributed by atoms with Crippen LogP contribution >= 0.6 is 0 Å². The molecule has 0 saturated carbocycles. The van der Waals surface area contributed by atoms with Crippen LogP contribution in [0.2, 0.25) is 0 Å². The van der Waals surface area contributed by atoms with Crippen LogP contribution < -0.4 is 10.1 Å². The van der Waals surface area contributed by atoms with Gasteiger partial charge in [-0.05, 0) is 41.3 Å². The number of benzene rings is 1. The van der Waals surface area contributed by atoms with Crippen molar-refractivity contribution < 1.29 is 4.74 Å². The van der Waals surface area contributed by atoms with Crippen molar-refractivity contribution in [3.63, 3.8) is 0 Å². The van der Waals surface area contributed by atoms with E-state index in [1.165, 1.54) is 5.56 Å². The number of pyridine rings is 2. The van der Waals surface area contributed by atoms with Crippen LogP contribution in [0.25, 0.3) is 16.8 Å². The number of anilines is 2. The Labute approximate surface area is 184 Å². The number of rotatable bonds is 5. The Bertz CT molecular complexity index is 1410. The number of hydrogen-bond acceptors (Lipinski definition) is 6. The molecule has 4 aromatic heterocycles. The maximum absolute atomic E-state index is 6.17. The first kappa shape index (κ1) is 18.6. The normalized spacial score (nSPS) is 15.0. The van der Waals surface area contributed by atoms with Gasteiger partial charge in [0, 0.05) is 25.4 Å². The van der Waals surface area contributed by atoms with E-state index in [0.29, 0.717) is 6.61 Å². The van der Waals surface area contributed by atoms with Crippen molar-refractivity contribution in [2.24, 2.45) is 7.05 Å². The molecule has 1 aliphatic heterocycles. The lowest BCUT2D eigenvalue weighted by Crippen LogP contribution is -2.22. The Kier molecular flexibility index (Phi) is 4.34. The van der Waals surface area contributed by atoms with Crippen LogP contribution in [0.1, 0.15) is 17.3 Å². The minimum atomic E-state index is 0.168. The number of nitrogens with zero attached hydrogens (tertiary/aromatic N) is 6. The molecule has 5 heterocycles. The largest absolute Gasteiger partial charge is 0.478 e. The number of nitrogens with one attached hydrogen (secondary N) is 1. The van der Waals surface area contributed by atoms with Gasteiger partial charge in [0.05, 0.1) is 12.1 Å². The van der Waals surface area contributed by atoms with Crippen LogP contribution in [-0.2, 0) is 13.5 Å². The summed E-state index contributed by atoms with van der Waals surface area (Å²) >= 11 is 0. The average molecular weight is 423 g/mol. The molecule has 158 valence electrons. The molecule has 0 bridgehead atoms. The van der Waals surface area contributed by atoms with E-state index in [1.54, 1.807) is 17.1 Å². The van der Waals surface area contributed by atoms with Crippen LogP contribution in [0, 0.1) is 0 Å². The molecule has 1 N–H and O–H groups in total. The molecule has 0 fully saturated rings. The zero-order valence-electron chi connectivity index (χ0n) is 17.5. The molecule has 0 spiro atoms. The van der Waals surface area contributed by atoms with E-state index in [1.807, 2.05) is 47.8 Å². The molecule has 5 aromatic rings. The van der Waals surface area contributed by atoms with Gasteiger partial charge in [-0.1, -0.05) is 30.3 Å². The predicted octanol–water partition coefficient (Wildman–Crippen LogP) is 3.99. The molecular formula is C24H21N7O. The van der Waals surface area contributed by atoms with E-state index in [-0.39, 0.29) is 5.92 Å². The summed E-state index contributed by atoms with van der Waals surface area (Å²) in [6, 6.07) is 20.4. The molecular weight excluding hydrogens is 402 g/mol. The van der Waals surface area contributed by atoms with Gasteiger partial charge in [0.15, 0.2) is 5.65 Å². The summed E-state index contributed by atoms with van der Waals surface area (Å²) in [7, 11) is 1.89. The van der Waals surface area contributed by atoms with E-state index in [2.05, 4.69) is 49.9 Å². The minimum absolute atomic E-state index is 0.168. The molecule has 6 rings (SSSR count). The maximum Gasteiger partial charge on any atom is 0.201 e. The van der Waals surface area contributed by atoms with E-state index >= 15 is 0 Å². The van der Waals surface area contributed by atoms with E-state index in [9.17, 15) is 0 Å². The van der Waals surface area contributed by atoms with Crippen molar-refractivity contribution in [1.82, 2.24) is 29.4 Å². The monoisotopic (exact) mass is 423 g/mol. The second-order valence-corrected chi connectivity index (χ2v) is 7.93. The first-order valence-corrected chi connectivity index (χ1v) is 10.5. The topological polar surface area (TPSA) is 82.2 Å². The Hall–Kier alpha value is -4.20. The van der Waals surface area contributed by atoms with Crippen molar-refractivity contribution >= 4 is 17.3 Å². The molecule has 1 aromatic carbocycles. The molecule has 0 aliphatic carbocycles. The number of aryl methyl sites for hydroxylation is 1. The fourth-order valence-corrected chi connectivity index (χ4v) is 4.16. The summed E-state index contributed by atoms with van der Waals surface area (Å²) in [6.07, 6.45) is 4.40. The lowest BCUT2D eigenvalue weighted by molar-refractivity contribution is 0.245. The highest BCUT2D eigenvalue weighted by Gasteiger charge is 2.27. The highest BCUT2D eigenvalue weighted by molar-refractivity contribution is 5.72. The van der Waals surface area contributed by atoms with Crippen LogP contribution in [0.4, 0.5) is 11.6 Å². The molecule has 0 unspecified atom stereocenters. The van der Waals surface area contributed by atoms with Gasteiger partial charge in [-0.3, -0.25) is 4.68 Å². The van der Waals surface area contributed by atoms with E-state index in [4.69, 9.17) is 4.74 Å². The Morgan fingerprint density at radius 3 is 2.75 bits per heavy atom. The summed E-state index contributed by atoms with van der Waals surface area (Å²) in [5.74, 6) is 3.49. The Morgan fingerprint density at radius 1 is 1.00 bits per heavy atom. The third-order valence-corrected chi connectivity index (χ3v) is 5.79. The summed E-state index contributed by atoms with van der Waals surface area (Å²) in [5, 5.41) is 16.4. The number of aromatic nitrogens is 6. The summed E-state index contributed by atoms with van der Waals surface area (Å²) in [6.45, 7) is 0.579. The van der Waals surface area contributed by atoms with Gasteiger partial charge in [0.25, 0.3) is 0 Å². The lowest BCUT2D eigenvalue weighted by Gasteiger charge is -2.23. The zero-order chi connectivity index (χ0) is 21.5. The molecule has 0 amide bonds. The van der Waals surface area contributed by atoms with Crippen LogP contribution in [0.3, 0.4) is 0 Å². The molecule has 0 saturated heterocycles. The van der Waals surface area contributed by atoms with Crippen molar-refractivity contribution in [3.8, 4) is 17.0 Å². The third-order valence-electron chi connectivity index (χ3n) is 5.79. The van der Waals surface area contributed by atoms with Crippen LogP contribution in [-0.4, -0.2) is 36.0 Å². The van der Waals surface area contributed by atoms with Gasteiger partial charge in [-0.15, -0.1) is 10.2 Å². The summed E-state index contributed by atoms with van der Waals surface area (Å²) < 4.78 is 9.96. The van der Waals surface area contributed by atoms with Crippen molar-refractivity contribution in [1.29, 1.82) is 0 Å². The maximum atomic E-state index is 6.17. The van der Waals surface area contributed by atoms with E-state index in [0.717, 1.165) is 46.5 Å². The molecule has 32 heavy (non-hydrogen) atoms. The molecule has 8 heteroatoms. The van der Waals surface area contributed by atoms with Crippen LogP contribution in [0.5, 0.6) is 5.88 Å². The Balaban J connectivity index is 1.33. The minimum Gasteiger partial charge on any atom is -0.478 e. The van der Waals surface area contributed by atoms with Crippen LogP contribution in [0.15, 0.2) is 73.1 Å². The van der Waals surface area contributed by atoms with Gasteiger partial charge in [-0.25, -0.2) is 9.38 Å². The third kappa shape index (κ3) is 3.26. The fourth-order valence-electron chi connectivity index (χ4n) is 4.16. The number of hydrogen-bond donors (Lipinski definition) is 1. The van der Waals surface area contributed by atoms with Gasteiger partial charge < -0.3 is 10.1 Å². The smallest absolute Gasteiger partial charge is 0.201 e. The molecule has 8 nitrogen and oxygen atoms in total. The lowest BCUT2D eigenvalue weighted by atomic mass is 9.98. The molecule has 1 aliphatic rings. The van der Waals surface area contributed by atoms with Crippen molar-refractivity contribution in [2.75, 3.05) is 11.9 Å². The van der Waals surface area contributed by atoms with Crippen molar-refractivity contribution in [3.05, 3.63) is 84.4 Å².